The fraction of sp³-hybridized carbons (Fsp3) is 0.316. The third-order valence-corrected chi connectivity index (χ3v) is 4.19. The number of carbonyl (C=O) groups excluding carboxylic acids is 1. The van der Waals surface area contributed by atoms with Crippen LogP contribution in [0, 0.1) is 12.8 Å². The van der Waals surface area contributed by atoms with Gasteiger partial charge in [0.15, 0.2) is 0 Å². The summed E-state index contributed by atoms with van der Waals surface area (Å²) >= 11 is 0. The molecule has 21 heavy (non-hydrogen) atoms. The van der Waals surface area contributed by atoms with Crippen LogP contribution in [0.3, 0.4) is 0 Å². The van der Waals surface area contributed by atoms with Gasteiger partial charge in [-0.05, 0) is 30.9 Å². The Morgan fingerprint density at radius 1 is 1.05 bits per heavy atom. The zero-order valence-electron chi connectivity index (χ0n) is 12.5. The van der Waals surface area contributed by atoms with Gasteiger partial charge in [-0.15, -0.1) is 0 Å². The van der Waals surface area contributed by atoms with E-state index in [1.54, 1.807) is 0 Å². The number of nitrogens with zero attached hydrogens (tertiary/aromatic N) is 1. The Hall–Kier alpha value is -2.09. The van der Waals surface area contributed by atoms with Gasteiger partial charge in [-0.1, -0.05) is 60.2 Å². The van der Waals surface area contributed by atoms with Crippen LogP contribution in [0.5, 0.6) is 0 Å². The van der Waals surface area contributed by atoms with Crippen LogP contribution < -0.4 is 0 Å². The summed E-state index contributed by atoms with van der Waals surface area (Å²) in [5.41, 5.74) is 3.75. The fourth-order valence-corrected chi connectivity index (χ4v) is 3.08. The smallest absolute Gasteiger partial charge is 0.226 e. The van der Waals surface area contributed by atoms with Crippen LogP contribution in [0.15, 0.2) is 54.6 Å². The molecule has 1 saturated heterocycles. The second kappa shape index (κ2) is 6.13. The van der Waals surface area contributed by atoms with Gasteiger partial charge >= 0.3 is 0 Å². The van der Waals surface area contributed by atoms with E-state index in [9.17, 15) is 4.79 Å². The van der Waals surface area contributed by atoms with Gasteiger partial charge in [0, 0.05) is 19.0 Å². The van der Waals surface area contributed by atoms with Gasteiger partial charge in [-0.3, -0.25) is 4.79 Å². The lowest BCUT2D eigenvalue weighted by Crippen LogP contribution is -2.27. The van der Waals surface area contributed by atoms with Crippen molar-refractivity contribution in [1.29, 1.82) is 0 Å². The maximum absolute atomic E-state index is 12.5. The average molecular weight is 279 g/mol. The normalized spacial score (nSPS) is 18.2. The summed E-state index contributed by atoms with van der Waals surface area (Å²) in [6.45, 7) is 3.72. The minimum absolute atomic E-state index is 0.149. The predicted molar refractivity (Wildman–Crippen MR) is 84.8 cm³/mol. The van der Waals surface area contributed by atoms with E-state index in [0.717, 1.165) is 25.9 Å². The minimum atomic E-state index is 0.149. The number of hydrogen-bond acceptors (Lipinski definition) is 1. The van der Waals surface area contributed by atoms with E-state index in [0.29, 0.717) is 5.91 Å². The molecule has 1 fully saturated rings. The zero-order chi connectivity index (χ0) is 14.7. The predicted octanol–water partition coefficient (Wildman–Crippen LogP) is 3.59. The van der Waals surface area contributed by atoms with Gasteiger partial charge in [0.1, 0.15) is 0 Å². The first-order chi connectivity index (χ1) is 10.2. The molecule has 3 rings (SSSR count). The summed E-state index contributed by atoms with van der Waals surface area (Å²) in [5.74, 6) is 0.455. The summed E-state index contributed by atoms with van der Waals surface area (Å²) in [6, 6.07) is 18.7. The van der Waals surface area contributed by atoms with Crippen molar-refractivity contribution in [3.63, 3.8) is 0 Å². The van der Waals surface area contributed by atoms with Crippen molar-refractivity contribution in [1.82, 2.24) is 4.90 Å². The van der Waals surface area contributed by atoms with Gasteiger partial charge in [0.05, 0.1) is 0 Å². The lowest BCUT2D eigenvalue weighted by molar-refractivity contribution is -0.131. The van der Waals surface area contributed by atoms with Crippen molar-refractivity contribution in [2.24, 2.45) is 5.92 Å². The third kappa shape index (κ3) is 3.33. The van der Waals surface area contributed by atoms with Crippen molar-refractivity contribution >= 4 is 5.91 Å². The first-order valence-corrected chi connectivity index (χ1v) is 7.60. The van der Waals surface area contributed by atoms with Crippen LogP contribution in [0.1, 0.15) is 23.1 Å². The van der Waals surface area contributed by atoms with Gasteiger partial charge in [-0.2, -0.15) is 0 Å². The second-order valence-electron chi connectivity index (χ2n) is 5.92. The summed E-state index contributed by atoms with van der Waals surface area (Å²) in [6.07, 6.45) is 1.84. The maximum atomic E-state index is 12.5. The first kappa shape index (κ1) is 13.9. The molecule has 1 atom stereocenters. The lowest BCUT2D eigenvalue weighted by atomic mass is 9.97. The SMILES string of the molecule is Cc1cccc(CC2CCN(Cc3ccccc3)C2=O)c1. The number of hydrogen-bond donors (Lipinski definition) is 0. The summed E-state index contributed by atoms with van der Waals surface area (Å²) in [7, 11) is 0. The van der Waals surface area contributed by atoms with Crippen LogP contribution in [0.2, 0.25) is 0 Å². The molecule has 0 bridgehead atoms. The number of likely N-dealkylation sites (tertiary alicyclic amines) is 1. The third-order valence-electron chi connectivity index (χ3n) is 4.19. The Balaban J connectivity index is 1.64. The molecule has 0 aromatic heterocycles. The van der Waals surface area contributed by atoms with E-state index in [1.165, 1.54) is 16.7 Å². The minimum Gasteiger partial charge on any atom is -0.338 e. The highest BCUT2D eigenvalue weighted by Crippen LogP contribution is 2.24. The summed E-state index contributed by atoms with van der Waals surface area (Å²) in [4.78, 5) is 14.5. The molecule has 0 saturated carbocycles. The Labute approximate surface area is 126 Å². The lowest BCUT2D eigenvalue weighted by Gasteiger charge is -2.17. The molecule has 108 valence electrons. The summed E-state index contributed by atoms with van der Waals surface area (Å²) in [5, 5.41) is 0. The van der Waals surface area contributed by atoms with Crippen molar-refractivity contribution in [3.8, 4) is 0 Å². The number of carbonyl (C=O) groups is 1. The maximum Gasteiger partial charge on any atom is 0.226 e. The second-order valence-corrected chi connectivity index (χ2v) is 5.92. The van der Waals surface area contributed by atoms with Gasteiger partial charge in [-0.25, -0.2) is 0 Å². The van der Waals surface area contributed by atoms with Crippen molar-refractivity contribution in [3.05, 3.63) is 71.3 Å². The van der Waals surface area contributed by atoms with Gasteiger partial charge in [0.2, 0.25) is 5.91 Å². The molecule has 0 N–H and O–H groups in total. The van der Waals surface area contributed by atoms with Crippen LogP contribution >= 0.6 is 0 Å². The molecule has 1 aliphatic heterocycles. The molecule has 1 aliphatic rings. The Morgan fingerprint density at radius 2 is 1.81 bits per heavy atom. The summed E-state index contributed by atoms with van der Waals surface area (Å²) < 4.78 is 0. The highest BCUT2D eigenvalue weighted by molar-refractivity contribution is 5.81. The van der Waals surface area contributed by atoms with Crippen LogP contribution in [-0.2, 0) is 17.8 Å². The van der Waals surface area contributed by atoms with Crippen molar-refractivity contribution in [2.75, 3.05) is 6.54 Å². The highest BCUT2D eigenvalue weighted by Gasteiger charge is 2.31. The van der Waals surface area contributed by atoms with E-state index in [1.807, 2.05) is 23.1 Å². The number of amides is 1. The molecule has 1 amide bonds. The molecule has 2 heteroatoms. The number of aryl methyl sites for hydroxylation is 1. The Morgan fingerprint density at radius 3 is 2.57 bits per heavy atom. The number of benzene rings is 2. The molecule has 2 nitrogen and oxygen atoms in total. The van der Waals surface area contributed by atoms with E-state index < -0.39 is 0 Å². The van der Waals surface area contributed by atoms with E-state index in [2.05, 4.69) is 43.3 Å². The molecule has 1 unspecified atom stereocenters. The van der Waals surface area contributed by atoms with Crippen LogP contribution in [0.25, 0.3) is 0 Å². The zero-order valence-corrected chi connectivity index (χ0v) is 12.5. The average Bonchev–Trinajstić information content (AvgIpc) is 2.82. The molecular weight excluding hydrogens is 258 g/mol. The standard InChI is InChI=1S/C19H21NO/c1-15-6-5-9-17(12-15)13-18-10-11-20(19(18)21)14-16-7-3-2-4-8-16/h2-9,12,18H,10-11,13-14H2,1H3. The quantitative estimate of drug-likeness (QED) is 0.837. The van der Waals surface area contributed by atoms with E-state index in [4.69, 9.17) is 0 Å². The topological polar surface area (TPSA) is 20.3 Å². The fourth-order valence-electron chi connectivity index (χ4n) is 3.08. The monoisotopic (exact) mass is 279 g/mol. The van der Waals surface area contributed by atoms with E-state index in [-0.39, 0.29) is 5.92 Å². The Bertz CT molecular complexity index is 620. The number of rotatable bonds is 4. The molecule has 2 aromatic carbocycles. The first-order valence-electron chi connectivity index (χ1n) is 7.60. The van der Waals surface area contributed by atoms with Gasteiger partial charge < -0.3 is 4.90 Å². The highest BCUT2D eigenvalue weighted by atomic mass is 16.2. The largest absolute Gasteiger partial charge is 0.338 e. The van der Waals surface area contributed by atoms with Crippen molar-refractivity contribution < 1.29 is 4.79 Å². The molecular formula is C19H21NO. The molecule has 1 heterocycles. The van der Waals surface area contributed by atoms with Crippen LogP contribution in [0.4, 0.5) is 0 Å². The molecule has 0 radical (unpaired) electrons. The molecule has 2 aromatic rings. The van der Waals surface area contributed by atoms with Crippen LogP contribution in [-0.4, -0.2) is 17.4 Å². The van der Waals surface area contributed by atoms with Gasteiger partial charge in [0.25, 0.3) is 0 Å². The van der Waals surface area contributed by atoms with E-state index >= 15 is 0 Å². The Kier molecular flexibility index (Phi) is 4.05. The van der Waals surface area contributed by atoms with Crippen molar-refractivity contribution in [2.45, 2.75) is 26.3 Å². The molecule has 0 aliphatic carbocycles. The molecule has 0 spiro atoms.